The molecule has 5 heteroatoms. The van der Waals surface area contributed by atoms with Gasteiger partial charge in [-0.3, -0.25) is 0 Å². The molecule has 2 heterocycles. The lowest BCUT2D eigenvalue weighted by molar-refractivity contribution is 0.256. The molecule has 1 atom stereocenters. The van der Waals surface area contributed by atoms with Gasteiger partial charge in [-0.15, -0.1) is 0 Å². The van der Waals surface area contributed by atoms with Gasteiger partial charge in [-0.2, -0.15) is 4.98 Å². The Morgan fingerprint density at radius 3 is 3.17 bits per heavy atom. The highest BCUT2D eigenvalue weighted by molar-refractivity contribution is 5.40. The second kappa shape index (κ2) is 4.78. The zero-order valence-corrected chi connectivity index (χ0v) is 10.2. The quantitative estimate of drug-likeness (QED) is 0.891. The fourth-order valence-corrected chi connectivity index (χ4v) is 2.24. The normalized spacial score (nSPS) is 18.2. The Morgan fingerprint density at radius 1 is 1.39 bits per heavy atom. The zero-order valence-electron chi connectivity index (χ0n) is 10.2. The molecule has 1 unspecified atom stereocenters. The highest BCUT2D eigenvalue weighted by Crippen LogP contribution is 2.36. The number of hydrogen-bond donors (Lipinski definition) is 1. The van der Waals surface area contributed by atoms with E-state index in [0.717, 1.165) is 17.7 Å². The summed E-state index contributed by atoms with van der Waals surface area (Å²) in [6.45, 7) is 1.31. The van der Waals surface area contributed by atoms with Crippen molar-refractivity contribution in [3.05, 3.63) is 41.5 Å². The molecule has 1 aromatic heterocycles. The van der Waals surface area contributed by atoms with E-state index in [-0.39, 0.29) is 5.92 Å². The molecule has 0 spiro atoms. The lowest BCUT2D eigenvalue weighted by Gasteiger charge is -2.22. The molecule has 0 amide bonds. The van der Waals surface area contributed by atoms with E-state index in [0.29, 0.717) is 24.9 Å². The lowest BCUT2D eigenvalue weighted by atomic mass is 9.93. The van der Waals surface area contributed by atoms with Gasteiger partial charge in [-0.05, 0) is 19.5 Å². The fraction of sp³-hybridized carbons (Fsp3) is 0.385. The average Bonchev–Trinajstić information content (AvgIpc) is 2.87. The van der Waals surface area contributed by atoms with Crippen LogP contribution in [0.25, 0.3) is 0 Å². The van der Waals surface area contributed by atoms with Crippen molar-refractivity contribution in [1.29, 1.82) is 0 Å². The summed E-state index contributed by atoms with van der Waals surface area (Å²) in [7, 11) is 1.86. The van der Waals surface area contributed by atoms with Crippen molar-refractivity contribution in [3.63, 3.8) is 0 Å². The van der Waals surface area contributed by atoms with E-state index >= 15 is 0 Å². The Labute approximate surface area is 105 Å². The van der Waals surface area contributed by atoms with Gasteiger partial charge in [0.2, 0.25) is 5.89 Å². The van der Waals surface area contributed by atoms with Crippen LogP contribution in [-0.2, 0) is 6.54 Å². The summed E-state index contributed by atoms with van der Waals surface area (Å²) in [6, 6.07) is 8.01. The van der Waals surface area contributed by atoms with Crippen molar-refractivity contribution < 1.29 is 9.26 Å². The number of aromatic nitrogens is 2. The second-order valence-corrected chi connectivity index (χ2v) is 4.31. The van der Waals surface area contributed by atoms with Crippen LogP contribution in [0.3, 0.4) is 0 Å². The van der Waals surface area contributed by atoms with Crippen LogP contribution >= 0.6 is 0 Å². The van der Waals surface area contributed by atoms with Gasteiger partial charge >= 0.3 is 0 Å². The molecule has 0 bridgehead atoms. The summed E-state index contributed by atoms with van der Waals surface area (Å²) in [5, 5.41) is 6.97. The molecule has 18 heavy (non-hydrogen) atoms. The molecule has 0 fully saturated rings. The number of rotatable bonds is 3. The van der Waals surface area contributed by atoms with Crippen LogP contribution in [0.2, 0.25) is 0 Å². The summed E-state index contributed by atoms with van der Waals surface area (Å²) in [5.74, 6) is 2.43. The van der Waals surface area contributed by atoms with Crippen LogP contribution in [0.15, 0.2) is 28.8 Å². The van der Waals surface area contributed by atoms with Crippen molar-refractivity contribution >= 4 is 0 Å². The van der Waals surface area contributed by atoms with Crippen molar-refractivity contribution in [2.24, 2.45) is 0 Å². The molecule has 0 saturated heterocycles. The van der Waals surface area contributed by atoms with Crippen LogP contribution in [0.1, 0.15) is 29.6 Å². The number of ether oxygens (including phenoxy) is 1. The summed E-state index contributed by atoms with van der Waals surface area (Å²) in [5.41, 5.74) is 1.13. The molecule has 1 aliphatic rings. The van der Waals surface area contributed by atoms with Crippen molar-refractivity contribution in [2.45, 2.75) is 18.9 Å². The van der Waals surface area contributed by atoms with Crippen LogP contribution in [-0.4, -0.2) is 23.8 Å². The maximum atomic E-state index is 5.63. The van der Waals surface area contributed by atoms with E-state index in [4.69, 9.17) is 9.26 Å². The zero-order chi connectivity index (χ0) is 12.4. The Morgan fingerprint density at radius 2 is 2.28 bits per heavy atom. The number of nitrogens with zero attached hydrogens (tertiary/aromatic N) is 2. The van der Waals surface area contributed by atoms with Gasteiger partial charge in [0.15, 0.2) is 5.82 Å². The van der Waals surface area contributed by atoms with Crippen molar-refractivity contribution in [3.8, 4) is 5.75 Å². The molecule has 94 valence electrons. The van der Waals surface area contributed by atoms with E-state index in [1.165, 1.54) is 0 Å². The van der Waals surface area contributed by atoms with Crippen LogP contribution in [0.5, 0.6) is 5.75 Å². The topological polar surface area (TPSA) is 60.2 Å². The molecule has 3 rings (SSSR count). The number of fused-ring (bicyclic) bond motifs is 1. The minimum atomic E-state index is 0.146. The Kier molecular flexibility index (Phi) is 2.98. The van der Waals surface area contributed by atoms with Crippen LogP contribution in [0.4, 0.5) is 0 Å². The molecule has 0 aliphatic carbocycles. The van der Waals surface area contributed by atoms with Gasteiger partial charge in [0.1, 0.15) is 5.75 Å². The van der Waals surface area contributed by atoms with Crippen LogP contribution in [0, 0.1) is 0 Å². The Hall–Kier alpha value is -1.88. The van der Waals surface area contributed by atoms with Gasteiger partial charge in [-0.25, -0.2) is 0 Å². The van der Waals surface area contributed by atoms with E-state index < -0.39 is 0 Å². The summed E-state index contributed by atoms with van der Waals surface area (Å²) >= 11 is 0. The van der Waals surface area contributed by atoms with E-state index in [1.54, 1.807) is 0 Å². The minimum absolute atomic E-state index is 0.146. The first-order valence-corrected chi connectivity index (χ1v) is 6.07. The van der Waals surface area contributed by atoms with Gasteiger partial charge in [-0.1, -0.05) is 23.4 Å². The van der Waals surface area contributed by atoms with E-state index in [2.05, 4.69) is 21.5 Å². The highest BCUT2D eigenvalue weighted by Gasteiger charge is 2.27. The average molecular weight is 245 g/mol. The van der Waals surface area contributed by atoms with Crippen molar-refractivity contribution in [2.75, 3.05) is 13.7 Å². The molecule has 1 N–H and O–H groups in total. The minimum Gasteiger partial charge on any atom is -0.493 e. The number of hydrogen-bond acceptors (Lipinski definition) is 5. The van der Waals surface area contributed by atoms with Crippen molar-refractivity contribution in [1.82, 2.24) is 15.5 Å². The van der Waals surface area contributed by atoms with E-state index in [9.17, 15) is 0 Å². The maximum absolute atomic E-state index is 5.63. The molecular weight excluding hydrogens is 230 g/mol. The second-order valence-electron chi connectivity index (χ2n) is 4.31. The molecule has 5 nitrogen and oxygen atoms in total. The summed E-state index contributed by atoms with van der Waals surface area (Å²) in [6.07, 6.45) is 0.873. The van der Waals surface area contributed by atoms with Gasteiger partial charge in [0, 0.05) is 5.56 Å². The predicted molar refractivity (Wildman–Crippen MR) is 65.5 cm³/mol. The molecule has 1 aromatic carbocycles. The van der Waals surface area contributed by atoms with E-state index in [1.807, 2.05) is 25.2 Å². The molecule has 2 aromatic rings. The maximum Gasteiger partial charge on any atom is 0.234 e. The SMILES string of the molecule is CNCc1noc(C2CCOc3ccccc32)n1. The first-order chi connectivity index (χ1) is 8.88. The third-order valence-electron chi connectivity index (χ3n) is 3.08. The van der Waals surface area contributed by atoms with Gasteiger partial charge < -0.3 is 14.6 Å². The number of benzene rings is 1. The standard InChI is InChI=1S/C13H15N3O2/c1-14-8-12-15-13(18-16-12)10-6-7-17-11-5-3-2-4-9(10)11/h2-5,10,14H,6-8H2,1H3. The van der Waals surface area contributed by atoms with Crippen LogP contribution < -0.4 is 10.1 Å². The molecular formula is C13H15N3O2. The number of para-hydroxylation sites is 1. The number of nitrogens with one attached hydrogen (secondary N) is 1. The largest absolute Gasteiger partial charge is 0.493 e. The predicted octanol–water partition coefficient (Wildman–Crippen LogP) is 1.70. The lowest BCUT2D eigenvalue weighted by Crippen LogP contribution is -2.15. The molecule has 1 aliphatic heterocycles. The summed E-state index contributed by atoms with van der Waals surface area (Å²) < 4.78 is 11.0. The smallest absolute Gasteiger partial charge is 0.234 e. The molecule has 0 saturated carbocycles. The highest BCUT2D eigenvalue weighted by atomic mass is 16.5. The monoisotopic (exact) mass is 245 g/mol. The Balaban J connectivity index is 1.92. The Bertz CT molecular complexity index is 539. The molecule has 0 radical (unpaired) electrons. The first-order valence-electron chi connectivity index (χ1n) is 6.07. The van der Waals surface area contributed by atoms with Gasteiger partial charge in [0.05, 0.1) is 19.1 Å². The fourth-order valence-electron chi connectivity index (χ4n) is 2.24. The first kappa shape index (κ1) is 11.2. The van der Waals surface area contributed by atoms with Gasteiger partial charge in [0.25, 0.3) is 0 Å². The third-order valence-corrected chi connectivity index (χ3v) is 3.08. The third kappa shape index (κ3) is 1.97. The summed E-state index contributed by atoms with van der Waals surface area (Å²) in [4.78, 5) is 4.43.